The predicted octanol–water partition coefficient (Wildman–Crippen LogP) is 3.68. The van der Waals surface area contributed by atoms with E-state index in [4.69, 9.17) is 4.74 Å². The summed E-state index contributed by atoms with van der Waals surface area (Å²) >= 11 is 1.86. The second-order valence-electron chi connectivity index (χ2n) is 6.54. The number of thiophene rings is 1. The lowest BCUT2D eigenvalue weighted by atomic mass is 9.83. The van der Waals surface area contributed by atoms with Gasteiger partial charge in [0.05, 0.1) is 12.2 Å². The average molecular weight is 314 g/mol. The van der Waals surface area contributed by atoms with Crippen LogP contribution in [0.2, 0.25) is 0 Å². The molecule has 0 aliphatic carbocycles. The van der Waals surface area contributed by atoms with Crippen molar-refractivity contribution in [1.29, 1.82) is 0 Å². The zero-order valence-corrected chi connectivity index (χ0v) is 13.6. The first kappa shape index (κ1) is 14.4. The van der Waals surface area contributed by atoms with Crippen molar-refractivity contribution >= 4 is 11.3 Å². The highest BCUT2D eigenvalue weighted by atomic mass is 32.1. The molecular formula is C18H22N2OS. The van der Waals surface area contributed by atoms with Gasteiger partial charge in [0.15, 0.2) is 0 Å². The molecule has 3 nitrogen and oxygen atoms in total. The van der Waals surface area contributed by atoms with Gasteiger partial charge in [0.2, 0.25) is 0 Å². The second-order valence-corrected chi connectivity index (χ2v) is 7.57. The summed E-state index contributed by atoms with van der Waals surface area (Å²) in [5.41, 5.74) is 1.45. The normalized spacial score (nSPS) is 24.8. The molecule has 2 saturated heterocycles. The molecule has 4 heterocycles. The summed E-state index contributed by atoms with van der Waals surface area (Å²) in [5, 5.41) is 2.17. The van der Waals surface area contributed by atoms with Crippen LogP contribution in [0.1, 0.15) is 35.6 Å². The van der Waals surface area contributed by atoms with Crippen molar-refractivity contribution in [3.05, 3.63) is 52.5 Å². The quantitative estimate of drug-likeness (QED) is 0.864. The molecule has 4 rings (SSSR count). The maximum atomic E-state index is 6.28. The fourth-order valence-corrected chi connectivity index (χ4v) is 4.51. The third kappa shape index (κ3) is 2.96. The summed E-state index contributed by atoms with van der Waals surface area (Å²) in [6.45, 7) is 4.26. The Morgan fingerprint density at radius 1 is 1.27 bits per heavy atom. The third-order valence-electron chi connectivity index (χ3n) is 5.09. The summed E-state index contributed by atoms with van der Waals surface area (Å²) in [4.78, 5) is 8.29. The van der Waals surface area contributed by atoms with Crippen LogP contribution in [0.25, 0.3) is 0 Å². The maximum Gasteiger partial charge on any atom is 0.0713 e. The van der Waals surface area contributed by atoms with Crippen molar-refractivity contribution in [3.8, 4) is 0 Å². The van der Waals surface area contributed by atoms with Gasteiger partial charge in [-0.3, -0.25) is 9.88 Å². The summed E-state index contributed by atoms with van der Waals surface area (Å²) in [6, 6.07) is 8.60. The van der Waals surface area contributed by atoms with Crippen LogP contribution in [0.5, 0.6) is 0 Å². The van der Waals surface area contributed by atoms with E-state index >= 15 is 0 Å². The number of hydrogen-bond donors (Lipinski definition) is 0. The Hall–Kier alpha value is -1.23. The van der Waals surface area contributed by atoms with Gasteiger partial charge in [0, 0.05) is 42.8 Å². The monoisotopic (exact) mass is 314 g/mol. The van der Waals surface area contributed by atoms with Crippen LogP contribution >= 0.6 is 11.3 Å². The maximum absolute atomic E-state index is 6.28. The fraction of sp³-hybridized carbons (Fsp3) is 0.500. The van der Waals surface area contributed by atoms with E-state index in [1.165, 1.54) is 10.4 Å². The number of ether oxygens (including phenoxy) is 1. The van der Waals surface area contributed by atoms with Gasteiger partial charge >= 0.3 is 0 Å². The summed E-state index contributed by atoms with van der Waals surface area (Å²) < 4.78 is 6.28. The molecule has 0 aromatic carbocycles. The molecule has 1 atom stereocenters. The van der Waals surface area contributed by atoms with Gasteiger partial charge < -0.3 is 4.74 Å². The Morgan fingerprint density at radius 2 is 2.18 bits per heavy atom. The highest BCUT2D eigenvalue weighted by molar-refractivity contribution is 7.09. The molecule has 0 radical (unpaired) electrons. The molecule has 0 N–H and O–H groups in total. The smallest absolute Gasteiger partial charge is 0.0713 e. The molecule has 0 amide bonds. The zero-order valence-electron chi connectivity index (χ0n) is 12.8. The molecular weight excluding hydrogens is 292 g/mol. The highest BCUT2D eigenvalue weighted by Gasteiger charge is 2.43. The largest absolute Gasteiger partial charge is 0.374 e. The molecule has 22 heavy (non-hydrogen) atoms. The van der Waals surface area contributed by atoms with E-state index in [-0.39, 0.29) is 5.60 Å². The summed E-state index contributed by atoms with van der Waals surface area (Å²) in [5.74, 6) is 0.526. The van der Waals surface area contributed by atoms with Crippen molar-refractivity contribution in [2.75, 3.05) is 19.7 Å². The number of nitrogens with zero attached hydrogens (tertiary/aromatic N) is 2. The number of likely N-dealkylation sites (tertiary alicyclic amines) is 1. The molecule has 2 aliphatic heterocycles. The van der Waals surface area contributed by atoms with Crippen LogP contribution in [-0.4, -0.2) is 35.2 Å². The van der Waals surface area contributed by atoms with Gasteiger partial charge in [-0.15, -0.1) is 11.3 Å². The first-order valence-electron chi connectivity index (χ1n) is 8.12. The van der Waals surface area contributed by atoms with Crippen LogP contribution in [0.15, 0.2) is 42.0 Å². The number of aromatic nitrogens is 1. The van der Waals surface area contributed by atoms with E-state index in [0.29, 0.717) is 5.92 Å². The first-order chi connectivity index (χ1) is 10.8. The lowest BCUT2D eigenvalue weighted by Crippen LogP contribution is -2.43. The van der Waals surface area contributed by atoms with Crippen molar-refractivity contribution in [3.63, 3.8) is 0 Å². The van der Waals surface area contributed by atoms with Gasteiger partial charge in [-0.25, -0.2) is 0 Å². The topological polar surface area (TPSA) is 25.4 Å². The molecule has 1 spiro atoms. The van der Waals surface area contributed by atoms with E-state index in [2.05, 4.69) is 33.5 Å². The number of piperidine rings is 1. The first-order valence-corrected chi connectivity index (χ1v) is 9.00. The average Bonchev–Trinajstić information content (AvgIpc) is 3.21. The minimum atomic E-state index is 0.118. The molecule has 116 valence electrons. The Balaban J connectivity index is 1.35. The highest BCUT2D eigenvalue weighted by Crippen LogP contribution is 2.42. The Labute approximate surface area is 135 Å². The molecule has 0 unspecified atom stereocenters. The molecule has 2 aromatic heterocycles. The van der Waals surface area contributed by atoms with Crippen LogP contribution < -0.4 is 0 Å². The van der Waals surface area contributed by atoms with Gasteiger partial charge in [-0.2, -0.15) is 0 Å². The Kier molecular flexibility index (Phi) is 3.99. The van der Waals surface area contributed by atoms with Gasteiger partial charge in [0.25, 0.3) is 0 Å². The van der Waals surface area contributed by atoms with Crippen LogP contribution in [0.4, 0.5) is 0 Å². The lowest BCUT2D eigenvalue weighted by Gasteiger charge is -2.38. The second kappa shape index (κ2) is 6.11. The number of rotatable bonds is 3. The Morgan fingerprint density at radius 3 is 2.91 bits per heavy atom. The minimum absolute atomic E-state index is 0.118. The molecule has 0 bridgehead atoms. The van der Waals surface area contributed by atoms with Gasteiger partial charge in [-0.05, 0) is 42.3 Å². The molecule has 2 aliphatic rings. The van der Waals surface area contributed by atoms with Gasteiger partial charge in [-0.1, -0.05) is 12.1 Å². The number of pyridine rings is 1. The summed E-state index contributed by atoms with van der Waals surface area (Å²) in [7, 11) is 0. The Bertz CT molecular complexity index is 591. The van der Waals surface area contributed by atoms with E-state index in [0.717, 1.165) is 45.5 Å². The lowest BCUT2D eigenvalue weighted by molar-refractivity contribution is -0.0447. The molecule has 4 heteroatoms. The zero-order chi connectivity index (χ0) is 14.8. The van der Waals surface area contributed by atoms with E-state index < -0.39 is 0 Å². The predicted molar refractivity (Wildman–Crippen MR) is 89.1 cm³/mol. The van der Waals surface area contributed by atoms with Crippen molar-refractivity contribution < 1.29 is 4.74 Å². The van der Waals surface area contributed by atoms with Crippen molar-refractivity contribution in [2.45, 2.75) is 37.3 Å². The fourth-order valence-electron chi connectivity index (χ4n) is 3.77. The minimum Gasteiger partial charge on any atom is -0.374 e. The molecule has 2 fully saturated rings. The van der Waals surface area contributed by atoms with E-state index in [1.54, 1.807) is 0 Å². The van der Waals surface area contributed by atoms with Crippen LogP contribution in [0, 0.1) is 0 Å². The van der Waals surface area contributed by atoms with Crippen molar-refractivity contribution in [2.24, 2.45) is 0 Å². The van der Waals surface area contributed by atoms with Crippen molar-refractivity contribution in [1.82, 2.24) is 9.88 Å². The third-order valence-corrected chi connectivity index (χ3v) is 5.95. The molecule has 2 aromatic rings. The summed E-state index contributed by atoms with van der Waals surface area (Å²) in [6.07, 6.45) is 7.33. The van der Waals surface area contributed by atoms with E-state index in [9.17, 15) is 0 Å². The van der Waals surface area contributed by atoms with E-state index in [1.807, 2.05) is 29.8 Å². The molecule has 0 saturated carbocycles. The standard InChI is InChI=1S/C18H22N2OS/c1-3-15(12-19-7-1)16-11-18(21-14-16)5-8-20(9-6-18)13-17-4-2-10-22-17/h1-4,7,10,12,16H,5-6,8-9,11,13-14H2/t16-/m0/s1. The SMILES string of the molecule is c1cncc([C@@H]2COC3(CCN(Cc4cccs4)CC3)C2)c1. The van der Waals surface area contributed by atoms with Gasteiger partial charge in [0.1, 0.15) is 0 Å². The number of hydrogen-bond acceptors (Lipinski definition) is 4. The van der Waals surface area contributed by atoms with Crippen LogP contribution in [0.3, 0.4) is 0 Å². The van der Waals surface area contributed by atoms with Crippen LogP contribution in [-0.2, 0) is 11.3 Å².